The highest BCUT2D eigenvalue weighted by Crippen LogP contribution is 2.27. The van der Waals surface area contributed by atoms with Gasteiger partial charge in [0, 0.05) is 18.0 Å². The predicted molar refractivity (Wildman–Crippen MR) is 110 cm³/mol. The van der Waals surface area contributed by atoms with Gasteiger partial charge in [-0.2, -0.15) is 0 Å². The van der Waals surface area contributed by atoms with Crippen molar-refractivity contribution in [2.75, 3.05) is 6.61 Å². The molecule has 1 aromatic heterocycles. The number of aliphatic hydroxyl groups is 1. The van der Waals surface area contributed by atoms with Gasteiger partial charge in [0.2, 0.25) is 5.43 Å². The van der Waals surface area contributed by atoms with Crippen LogP contribution in [0, 0.1) is 24.5 Å². The zero-order valence-corrected chi connectivity index (χ0v) is 16.9. The lowest BCUT2D eigenvalue weighted by Gasteiger charge is -2.25. The fraction of sp³-hybridized carbons (Fsp3) is 0.304. The Morgan fingerprint density at radius 3 is 2.47 bits per heavy atom. The first kappa shape index (κ1) is 21.6. The van der Waals surface area contributed by atoms with Crippen molar-refractivity contribution in [1.29, 1.82) is 0 Å². The zero-order chi connectivity index (χ0) is 22.2. The van der Waals surface area contributed by atoms with Gasteiger partial charge in [0.25, 0.3) is 0 Å². The number of rotatable bonds is 6. The van der Waals surface area contributed by atoms with Crippen LogP contribution >= 0.6 is 0 Å². The number of aromatic nitrogens is 1. The number of carboxylic acid groups (broad SMARTS) is 1. The van der Waals surface area contributed by atoms with Crippen molar-refractivity contribution in [2.45, 2.75) is 33.2 Å². The molecule has 0 aliphatic carbocycles. The summed E-state index contributed by atoms with van der Waals surface area (Å²) in [5.41, 5.74) is -0.252. The van der Waals surface area contributed by atoms with E-state index in [0.29, 0.717) is 5.56 Å². The van der Waals surface area contributed by atoms with Gasteiger partial charge in [-0.3, -0.25) is 4.79 Å². The average molecular weight is 415 g/mol. The smallest absolute Gasteiger partial charge is 0.341 e. The molecule has 0 saturated heterocycles. The van der Waals surface area contributed by atoms with Crippen molar-refractivity contribution in [2.24, 2.45) is 5.92 Å². The molecule has 30 heavy (non-hydrogen) atoms. The SMILES string of the molecule is Cc1cccc(Cc2cc3c(=O)c(C(=O)O)cn([C@H](CO)C(C)C)c3cc2F)c1F. The number of pyridine rings is 1. The topological polar surface area (TPSA) is 79.5 Å². The van der Waals surface area contributed by atoms with Crippen LogP contribution in [0.3, 0.4) is 0 Å². The van der Waals surface area contributed by atoms with Crippen molar-refractivity contribution in [3.8, 4) is 0 Å². The molecular weight excluding hydrogens is 392 g/mol. The van der Waals surface area contributed by atoms with Crippen molar-refractivity contribution in [1.82, 2.24) is 4.57 Å². The molecule has 3 rings (SSSR count). The van der Waals surface area contributed by atoms with Gasteiger partial charge in [-0.05, 0) is 41.7 Å². The molecule has 0 bridgehead atoms. The summed E-state index contributed by atoms with van der Waals surface area (Å²) >= 11 is 0. The van der Waals surface area contributed by atoms with Gasteiger partial charge in [0.15, 0.2) is 0 Å². The van der Waals surface area contributed by atoms with Gasteiger partial charge in [-0.15, -0.1) is 0 Å². The predicted octanol–water partition coefficient (Wildman–Crippen LogP) is 4.07. The minimum Gasteiger partial charge on any atom is -0.477 e. The average Bonchev–Trinajstić information content (AvgIpc) is 2.68. The standard InChI is InChI=1S/C23H23F2NO4/c1-12(2)20(11-27)26-10-17(23(29)30)22(28)16-8-15(18(24)9-19(16)26)7-14-6-4-5-13(3)21(14)25/h4-6,8-10,12,20,27H,7,11H2,1-3H3,(H,29,30)/t20-/m1/s1. The number of aliphatic hydroxyl groups excluding tert-OH is 1. The summed E-state index contributed by atoms with van der Waals surface area (Å²) in [5.74, 6) is -2.60. The molecule has 5 nitrogen and oxygen atoms in total. The Kier molecular flexibility index (Phi) is 6.03. The molecule has 0 aliphatic heterocycles. The van der Waals surface area contributed by atoms with Crippen molar-refractivity contribution >= 4 is 16.9 Å². The van der Waals surface area contributed by atoms with Gasteiger partial charge in [-0.1, -0.05) is 32.0 Å². The number of hydrogen-bond acceptors (Lipinski definition) is 3. The third-order valence-electron chi connectivity index (χ3n) is 5.40. The maximum Gasteiger partial charge on any atom is 0.341 e. The molecule has 0 unspecified atom stereocenters. The van der Waals surface area contributed by atoms with Crippen LogP contribution < -0.4 is 5.43 Å². The van der Waals surface area contributed by atoms with Crippen LogP contribution in [-0.2, 0) is 6.42 Å². The molecule has 3 aromatic rings. The van der Waals surface area contributed by atoms with Crippen LogP contribution in [0.2, 0.25) is 0 Å². The quantitative estimate of drug-likeness (QED) is 0.636. The van der Waals surface area contributed by atoms with E-state index in [0.717, 1.165) is 12.3 Å². The van der Waals surface area contributed by atoms with Gasteiger partial charge in [0.1, 0.15) is 17.2 Å². The molecule has 2 N–H and O–H groups in total. The summed E-state index contributed by atoms with van der Waals surface area (Å²) in [4.78, 5) is 24.4. The fourth-order valence-electron chi connectivity index (χ4n) is 3.65. The Morgan fingerprint density at radius 1 is 1.17 bits per heavy atom. The summed E-state index contributed by atoms with van der Waals surface area (Å²) in [6.07, 6.45) is 1.06. The van der Waals surface area contributed by atoms with Crippen LogP contribution in [0.15, 0.2) is 41.3 Å². The molecule has 158 valence electrons. The number of fused-ring (bicyclic) bond motifs is 1. The van der Waals surface area contributed by atoms with Gasteiger partial charge >= 0.3 is 5.97 Å². The van der Waals surface area contributed by atoms with Crippen molar-refractivity contribution in [3.63, 3.8) is 0 Å². The van der Waals surface area contributed by atoms with Crippen LogP contribution in [0.25, 0.3) is 10.9 Å². The third-order valence-corrected chi connectivity index (χ3v) is 5.40. The van der Waals surface area contributed by atoms with Crippen LogP contribution in [-0.4, -0.2) is 27.4 Å². The van der Waals surface area contributed by atoms with E-state index >= 15 is 0 Å². The molecule has 7 heteroatoms. The molecule has 0 amide bonds. The second kappa shape index (κ2) is 8.36. The van der Waals surface area contributed by atoms with E-state index in [2.05, 4.69) is 0 Å². The molecule has 0 radical (unpaired) electrons. The minimum atomic E-state index is -1.41. The number of benzene rings is 2. The van der Waals surface area contributed by atoms with Gasteiger partial charge < -0.3 is 14.8 Å². The highest BCUT2D eigenvalue weighted by molar-refractivity contribution is 5.92. The molecule has 1 heterocycles. The monoisotopic (exact) mass is 415 g/mol. The number of halogens is 2. The fourth-order valence-corrected chi connectivity index (χ4v) is 3.65. The minimum absolute atomic E-state index is 0.0125. The van der Waals surface area contributed by atoms with E-state index in [-0.39, 0.29) is 41.0 Å². The van der Waals surface area contributed by atoms with E-state index in [1.54, 1.807) is 25.1 Å². The van der Waals surface area contributed by atoms with Gasteiger partial charge in [0.05, 0.1) is 18.2 Å². The number of carbonyl (C=O) groups is 1. The number of nitrogens with zero attached hydrogens (tertiary/aromatic N) is 1. The second-order valence-corrected chi connectivity index (χ2v) is 7.76. The Morgan fingerprint density at radius 2 is 1.87 bits per heavy atom. The number of hydrogen-bond donors (Lipinski definition) is 2. The summed E-state index contributed by atoms with van der Waals surface area (Å²) in [6, 6.07) is 6.69. The Bertz CT molecular complexity index is 1180. The molecule has 0 spiro atoms. The normalized spacial score (nSPS) is 12.5. The molecule has 0 fully saturated rings. The summed E-state index contributed by atoms with van der Waals surface area (Å²) in [7, 11) is 0. The number of aryl methyl sites for hydroxylation is 1. The Balaban J connectivity index is 2.28. The summed E-state index contributed by atoms with van der Waals surface area (Å²) in [6.45, 7) is 4.95. The molecular formula is C23H23F2NO4. The number of carboxylic acids is 1. The maximum absolute atomic E-state index is 15.0. The van der Waals surface area contributed by atoms with Crippen molar-refractivity contribution < 1.29 is 23.8 Å². The Labute approximate surface area is 172 Å². The zero-order valence-electron chi connectivity index (χ0n) is 16.9. The Hall–Kier alpha value is -3.06. The van der Waals surface area contributed by atoms with E-state index in [4.69, 9.17) is 0 Å². The lowest BCUT2D eigenvalue weighted by molar-refractivity contribution is 0.0694. The maximum atomic E-state index is 15.0. The van der Waals surface area contributed by atoms with Crippen LogP contribution in [0.5, 0.6) is 0 Å². The largest absolute Gasteiger partial charge is 0.477 e. The lowest BCUT2D eigenvalue weighted by atomic mass is 9.98. The highest BCUT2D eigenvalue weighted by Gasteiger charge is 2.22. The first-order valence-corrected chi connectivity index (χ1v) is 9.61. The molecule has 1 atom stereocenters. The van der Waals surface area contributed by atoms with E-state index in [9.17, 15) is 28.6 Å². The first-order valence-electron chi connectivity index (χ1n) is 9.61. The summed E-state index contributed by atoms with van der Waals surface area (Å²) in [5, 5.41) is 19.3. The van der Waals surface area contributed by atoms with Gasteiger partial charge in [-0.25, -0.2) is 13.6 Å². The van der Waals surface area contributed by atoms with E-state index < -0.39 is 34.6 Å². The molecule has 0 aliphatic rings. The molecule has 2 aromatic carbocycles. The lowest BCUT2D eigenvalue weighted by Crippen LogP contribution is -2.25. The van der Waals surface area contributed by atoms with E-state index in [1.807, 2.05) is 13.8 Å². The van der Waals surface area contributed by atoms with Crippen LogP contribution in [0.1, 0.15) is 46.9 Å². The molecule has 0 saturated carbocycles. The van der Waals surface area contributed by atoms with Crippen molar-refractivity contribution in [3.05, 3.63) is 80.6 Å². The van der Waals surface area contributed by atoms with E-state index in [1.165, 1.54) is 10.6 Å². The number of aromatic carboxylic acids is 1. The highest BCUT2D eigenvalue weighted by atomic mass is 19.1. The summed E-state index contributed by atoms with van der Waals surface area (Å²) < 4.78 is 30.8. The first-order chi connectivity index (χ1) is 14.1. The third kappa shape index (κ3) is 3.85. The second-order valence-electron chi connectivity index (χ2n) is 7.76. The van der Waals surface area contributed by atoms with Crippen LogP contribution in [0.4, 0.5) is 8.78 Å².